The summed E-state index contributed by atoms with van der Waals surface area (Å²) in [4.78, 5) is 28.4. The zero-order valence-corrected chi connectivity index (χ0v) is 15.8. The third-order valence-corrected chi connectivity index (χ3v) is 4.72. The van der Waals surface area contributed by atoms with Crippen molar-refractivity contribution in [3.8, 4) is 11.6 Å². The first-order valence-corrected chi connectivity index (χ1v) is 9.13. The molecule has 1 heterocycles. The molecule has 3 rings (SSSR count). The highest BCUT2D eigenvalue weighted by Crippen LogP contribution is 2.27. The summed E-state index contributed by atoms with van der Waals surface area (Å²) >= 11 is 0. The largest absolute Gasteiger partial charge is 0.440 e. The van der Waals surface area contributed by atoms with Gasteiger partial charge in [-0.25, -0.2) is 4.79 Å². The van der Waals surface area contributed by atoms with Crippen molar-refractivity contribution in [3.63, 3.8) is 0 Å². The number of benzene rings is 1. The first-order chi connectivity index (χ1) is 12.3. The maximum Gasteiger partial charge on any atom is 0.331 e. The Balaban J connectivity index is 2.02. The van der Waals surface area contributed by atoms with Crippen LogP contribution < -0.4 is 16.0 Å². The molecule has 0 fully saturated rings. The van der Waals surface area contributed by atoms with Crippen molar-refractivity contribution in [1.29, 1.82) is 0 Å². The number of ether oxygens (including phenoxy) is 1. The van der Waals surface area contributed by atoms with Crippen molar-refractivity contribution in [1.82, 2.24) is 9.55 Å². The minimum Gasteiger partial charge on any atom is -0.440 e. The van der Waals surface area contributed by atoms with Gasteiger partial charge in [0.25, 0.3) is 5.56 Å². The van der Waals surface area contributed by atoms with Crippen LogP contribution in [0.25, 0.3) is 0 Å². The van der Waals surface area contributed by atoms with Crippen LogP contribution >= 0.6 is 0 Å². The fourth-order valence-electron chi connectivity index (χ4n) is 3.51. The highest BCUT2D eigenvalue weighted by Gasteiger charge is 2.21. The number of aromatic amines is 1. The van der Waals surface area contributed by atoms with Gasteiger partial charge in [-0.2, -0.15) is 0 Å². The molecule has 2 aromatic rings. The first-order valence-electron chi connectivity index (χ1n) is 9.13. The van der Waals surface area contributed by atoms with E-state index < -0.39 is 5.69 Å². The normalized spacial score (nSPS) is 14.3. The lowest BCUT2D eigenvalue weighted by Gasteiger charge is -2.17. The Labute approximate surface area is 153 Å². The van der Waals surface area contributed by atoms with Gasteiger partial charge in [0, 0.05) is 6.54 Å². The molecule has 0 amide bonds. The van der Waals surface area contributed by atoms with E-state index in [1.807, 2.05) is 45.9 Å². The summed E-state index contributed by atoms with van der Waals surface area (Å²) in [5.41, 5.74) is 1.97. The number of aryl methyl sites for hydroxylation is 2. The van der Waals surface area contributed by atoms with E-state index in [1.165, 1.54) is 4.57 Å². The van der Waals surface area contributed by atoms with Crippen LogP contribution in [0.2, 0.25) is 0 Å². The fourth-order valence-corrected chi connectivity index (χ4v) is 3.51. The topological polar surface area (TPSA) is 64.1 Å². The SMILES string of the molecule is Cc1cc(C)cc(Oc2[nH]c(=O)n(CC3CC=CC3)c(=O)c2C(C)C)c1. The molecule has 1 aliphatic rings. The molecule has 138 valence electrons. The van der Waals surface area contributed by atoms with Crippen molar-refractivity contribution < 1.29 is 4.74 Å². The molecule has 5 heteroatoms. The van der Waals surface area contributed by atoms with Crippen molar-refractivity contribution in [2.75, 3.05) is 0 Å². The number of allylic oxidation sites excluding steroid dienone is 2. The van der Waals surface area contributed by atoms with Crippen LogP contribution in [0.3, 0.4) is 0 Å². The summed E-state index contributed by atoms with van der Waals surface area (Å²) in [5.74, 6) is 1.12. The third-order valence-electron chi connectivity index (χ3n) is 4.72. The number of nitrogens with zero attached hydrogens (tertiary/aromatic N) is 1. The van der Waals surface area contributed by atoms with Crippen LogP contribution in [0.1, 0.15) is 49.3 Å². The van der Waals surface area contributed by atoms with Gasteiger partial charge in [0.05, 0.1) is 5.56 Å². The third kappa shape index (κ3) is 3.82. The highest BCUT2D eigenvalue weighted by molar-refractivity contribution is 5.37. The molecule has 0 saturated heterocycles. The van der Waals surface area contributed by atoms with Gasteiger partial charge >= 0.3 is 5.69 Å². The number of rotatable bonds is 5. The number of H-pyrrole nitrogens is 1. The minimum absolute atomic E-state index is 0.0618. The van der Waals surface area contributed by atoms with Gasteiger partial charge in [0.2, 0.25) is 5.88 Å². The molecule has 0 unspecified atom stereocenters. The Kier molecular flexibility index (Phi) is 5.16. The molecule has 26 heavy (non-hydrogen) atoms. The standard InChI is InChI=1S/C21H26N2O3/c1-13(2)18-19(26-17-10-14(3)9-15(4)11-17)22-21(25)23(20(18)24)12-16-7-5-6-8-16/h5-6,9-11,13,16H,7-8,12H2,1-4H3,(H,22,25). The molecule has 5 nitrogen and oxygen atoms in total. The summed E-state index contributed by atoms with van der Waals surface area (Å²) in [6.45, 7) is 8.28. The highest BCUT2D eigenvalue weighted by atomic mass is 16.5. The molecule has 1 aromatic heterocycles. The van der Waals surface area contributed by atoms with E-state index in [4.69, 9.17) is 4.74 Å². The molecule has 1 aliphatic carbocycles. The zero-order valence-electron chi connectivity index (χ0n) is 15.8. The molecule has 0 atom stereocenters. The molecular formula is C21H26N2O3. The van der Waals surface area contributed by atoms with Crippen LogP contribution in [-0.2, 0) is 6.54 Å². The predicted molar refractivity (Wildman–Crippen MR) is 103 cm³/mol. The number of hydrogen-bond donors (Lipinski definition) is 1. The van der Waals surface area contributed by atoms with E-state index in [0.717, 1.165) is 24.0 Å². The van der Waals surface area contributed by atoms with Crippen LogP contribution in [0.15, 0.2) is 39.9 Å². The van der Waals surface area contributed by atoms with Crippen LogP contribution in [-0.4, -0.2) is 9.55 Å². The van der Waals surface area contributed by atoms with Gasteiger partial charge in [0.15, 0.2) is 0 Å². The summed E-state index contributed by atoms with van der Waals surface area (Å²) in [6.07, 6.45) is 6.02. The number of nitrogens with one attached hydrogen (secondary N) is 1. The smallest absolute Gasteiger partial charge is 0.331 e. The quantitative estimate of drug-likeness (QED) is 0.824. The van der Waals surface area contributed by atoms with Gasteiger partial charge in [-0.3, -0.25) is 14.3 Å². The van der Waals surface area contributed by atoms with Gasteiger partial charge in [-0.05, 0) is 61.8 Å². The second-order valence-electron chi connectivity index (χ2n) is 7.48. The van der Waals surface area contributed by atoms with Crippen molar-refractivity contribution >= 4 is 0 Å². The minimum atomic E-state index is -0.411. The van der Waals surface area contributed by atoms with E-state index >= 15 is 0 Å². The van der Waals surface area contributed by atoms with Crippen molar-refractivity contribution in [2.24, 2.45) is 5.92 Å². The summed E-state index contributed by atoms with van der Waals surface area (Å²) in [7, 11) is 0. The Morgan fingerprint density at radius 1 is 1.12 bits per heavy atom. The molecule has 0 aliphatic heterocycles. The second-order valence-corrected chi connectivity index (χ2v) is 7.48. The average Bonchev–Trinajstić information content (AvgIpc) is 3.03. The Morgan fingerprint density at radius 2 is 1.73 bits per heavy atom. The lowest BCUT2D eigenvalue weighted by Crippen LogP contribution is -2.39. The molecule has 1 aromatic carbocycles. The number of aromatic nitrogens is 2. The molecule has 1 N–H and O–H groups in total. The molecule has 0 spiro atoms. The Hall–Kier alpha value is -2.56. The van der Waals surface area contributed by atoms with Crippen molar-refractivity contribution in [2.45, 2.75) is 53.0 Å². The maximum atomic E-state index is 13.0. The fraction of sp³-hybridized carbons (Fsp3) is 0.429. The van der Waals surface area contributed by atoms with Crippen LogP contribution in [0, 0.1) is 19.8 Å². The summed E-state index contributed by atoms with van der Waals surface area (Å²) in [6, 6.07) is 5.84. The lowest BCUT2D eigenvalue weighted by molar-refractivity contribution is 0.414. The molecule has 0 saturated carbocycles. The van der Waals surface area contributed by atoms with Gasteiger partial charge in [-0.15, -0.1) is 0 Å². The monoisotopic (exact) mass is 354 g/mol. The Bertz CT molecular complexity index is 922. The van der Waals surface area contributed by atoms with Crippen LogP contribution in [0.4, 0.5) is 0 Å². The van der Waals surface area contributed by atoms with E-state index in [1.54, 1.807) is 0 Å². The molecule has 0 bridgehead atoms. The molecule has 0 radical (unpaired) electrons. The maximum absolute atomic E-state index is 13.0. The predicted octanol–water partition coefficient (Wildman–Crippen LogP) is 4.04. The number of hydrogen-bond acceptors (Lipinski definition) is 3. The zero-order chi connectivity index (χ0) is 18.8. The van der Waals surface area contributed by atoms with E-state index in [9.17, 15) is 9.59 Å². The van der Waals surface area contributed by atoms with Gasteiger partial charge in [-0.1, -0.05) is 32.1 Å². The molecular weight excluding hydrogens is 328 g/mol. The van der Waals surface area contributed by atoms with E-state index in [0.29, 0.717) is 23.8 Å². The van der Waals surface area contributed by atoms with Crippen LogP contribution in [0.5, 0.6) is 11.6 Å². The average molecular weight is 354 g/mol. The summed E-state index contributed by atoms with van der Waals surface area (Å²) in [5, 5.41) is 0. The lowest BCUT2D eigenvalue weighted by atomic mass is 10.1. The van der Waals surface area contributed by atoms with E-state index in [2.05, 4.69) is 17.1 Å². The Morgan fingerprint density at radius 3 is 2.31 bits per heavy atom. The van der Waals surface area contributed by atoms with Gasteiger partial charge in [0.1, 0.15) is 5.75 Å². The van der Waals surface area contributed by atoms with E-state index in [-0.39, 0.29) is 17.4 Å². The van der Waals surface area contributed by atoms with Crippen molar-refractivity contribution in [3.05, 3.63) is 67.9 Å². The first kappa shape index (κ1) is 18.2. The van der Waals surface area contributed by atoms with Gasteiger partial charge < -0.3 is 4.74 Å². The second kappa shape index (κ2) is 7.36. The summed E-state index contributed by atoms with van der Waals surface area (Å²) < 4.78 is 7.26.